The van der Waals surface area contributed by atoms with Crippen LogP contribution in [0.5, 0.6) is 5.75 Å². The van der Waals surface area contributed by atoms with Gasteiger partial charge in [-0.15, -0.1) is 0 Å². The van der Waals surface area contributed by atoms with Crippen molar-refractivity contribution in [2.75, 3.05) is 13.2 Å². The topological polar surface area (TPSA) is 45.3 Å². The van der Waals surface area contributed by atoms with Gasteiger partial charge in [0.15, 0.2) is 6.61 Å². The Balaban J connectivity index is 1.45. The Bertz CT molecular complexity index is 886. The van der Waals surface area contributed by atoms with E-state index in [9.17, 15) is 4.79 Å². The lowest BCUT2D eigenvalue weighted by molar-refractivity contribution is -0.134. The predicted molar refractivity (Wildman–Crippen MR) is 97.1 cm³/mol. The van der Waals surface area contributed by atoms with E-state index in [1.807, 2.05) is 41.3 Å². The fourth-order valence-corrected chi connectivity index (χ4v) is 3.41. The highest BCUT2D eigenvalue weighted by atomic mass is 79.9. The van der Waals surface area contributed by atoms with Gasteiger partial charge in [-0.25, -0.2) is 0 Å². The van der Waals surface area contributed by atoms with E-state index in [1.54, 1.807) is 0 Å². The lowest BCUT2D eigenvalue weighted by atomic mass is 10.0. The van der Waals surface area contributed by atoms with Gasteiger partial charge in [-0.1, -0.05) is 34.1 Å². The highest BCUT2D eigenvalue weighted by molar-refractivity contribution is 9.10. The second kappa shape index (κ2) is 6.32. The van der Waals surface area contributed by atoms with E-state index in [1.165, 1.54) is 16.6 Å². The zero-order chi connectivity index (χ0) is 16.5. The van der Waals surface area contributed by atoms with Crippen molar-refractivity contribution in [2.24, 2.45) is 0 Å². The molecule has 0 spiro atoms. The Morgan fingerprint density at radius 3 is 2.79 bits per heavy atom. The second-order valence-corrected chi connectivity index (χ2v) is 6.85. The van der Waals surface area contributed by atoms with Crippen molar-refractivity contribution in [3.8, 4) is 5.75 Å². The Labute approximate surface area is 148 Å². The number of ether oxygens (including phenoxy) is 1. The highest BCUT2D eigenvalue weighted by Gasteiger charge is 2.24. The quantitative estimate of drug-likeness (QED) is 0.744. The maximum absolute atomic E-state index is 12.5. The molecule has 0 bridgehead atoms. The largest absolute Gasteiger partial charge is 0.484 e. The van der Waals surface area contributed by atoms with E-state index in [0.717, 1.165) is 23.0 Å². The summed E-state index contributed by atoms with van der Waals surface area (Å²) in [6.45, 7) is 1.43. The normalized spacial score (nSPS) is 13.8. The molecular formula is C19H17BrN2O2. The van der Waals surface area contributed by atoms with E-state index in [-0.39, 0.29) is 12.5 Å². The Hall–Kier alpha value is -2.27. The molecule has 0 fully saturated rings. The highest BCUT2D eigenvalue weighted by Crippen LogP contribution is 2.27. The summed E-state index contributed by atoms with van der Waals surface area (Å²) in [6, 6.07) is 15.8. The molecule has 0 aliphatic carbocycles. The number of carbonyl (C=O) groups excluding carboxylic acids is 1. The Morgan fingerprint density at radius 1 is 1.17 bits per heavy atom. The maximum Gasteiger partial charge on any atom is 0.260 e. The van der Waals surface area contributed by atoms with Crippen LogP contribution in [-0.2, 0) is 17.8 Å². The minimum atomic E-state index is 0.0221. The number of hydrogen-bond acceptors (Lipinski definition) is 2. The summed E-state index contributed by atoms with van der Waals surface area (Å²) in [5.74, 6) is 0.727. The fraction of sp³-hybridized carbons (Fsp3) is 0.211. The van der Waals surface area contributed by atoms with E-state index in [0.29, 0.717) is 12.3 Å². The van der Waals surface area contributed by atoms with Crippen LogP contribution in [0.15, 0.2) is 53.0 Å². The van der Waals surface area contributed by atoms with Crippen molar-refractivity contribution in [1.82, 2.24) is 9.88 Å². The van der Waals surface area contributed by atoms with Crippen LogP contribution in [0.1, 0.15) is 11.3 Å². The third-order valence-electron chi connectivity index (χ3n) is 4.41. The van der Waals surface area contributed by atoms with Crippen LogP contribution < -0.4 is 4.74 Å². The van der Waals surface area contributed by atoms with E-state index in [4.69, 9.17) is 4.74 Å². The van der Waals surface area contributed by atoms with Crippen LogP contribution >= 0.6 is 15.9 Å². The minimum absolute atomic E-state index is 0.0221. The summed E-state index contributed by atoms with van der Waals surface area (Å²) in [4.78, 5) is 17.8. The van der Waals surface area contributed by atoms with Crippen LogP contribution in [0.25, 0.3) is 10.9 Å². The molecule has 3 aromatic rings. The first-order chi connectivity index (χ1) is 11.7. The number of amides is 1. The second-order valence-electron chi connectivity index (χ2n) is 5.94. The number of hydrogen-bond donors (Lipinski definition) is 1. The van der Waals surface area contributed by atoms with Crippen molar-refractivity contribution in [3.05, 3.63) is 64.3 Å². The van der Waals surface area contributed by atoms with E-state index in [2.05, 4.69) is 33.0 Å². The van der Waals surface area contributed by atoms with Gasteiger partial charge in [0, 0.05) is 46.1 Å². The van der Waals surface area contributed by atoms with Gasteiger partial charge in [0.25, 0.3) is 5.91 Å². The summed E-state index contributed by atoms with van der Waals surface area (Å²) in [5.41, 5.74) is 3.62. The van der Waals surface area contributed by atoms with Gasteiger partial charge >= 0.3 is 0 Å². The van der Waals surface area contributed by atoms with Gasteiger partial charge in [-0.3, -0.25) is 4.79 Å². The van der Waals surface area contributed by atoms with Gasteiger partial charge in [-0.05, 0) is 30.3 Å². The molecule has 0 atom stereocenters. The van der Waals surface area contributed by atoms with Crippen molar-refractivity contribution in [2.45, 2.75) is 13.0 Å². The average molecular weight is 385 g/mol. The van der Waals surface area contributed by atoms with Crippen molar-refractivity contribution in [3.63, 3.8) is 0 Å². The Morgan fingerprint density at radius 2 is 1.96 bits per heavy atom. The molecule has 24 heavy (non-hydrogen) atoms. The Kier molecular flexibility index (Phi) is 4.02. The molecule has 4 nitrogen and oxygen atoms in total. The van der Waals surface area contributed by atoms with Crippen molar-refractivity contribution in [1.29, 1.82) is 0 Å². The third-order valence-corrected chi connectivity index (χ3v) is 4.94. The van der Waals surface area contributed by atoms with Crippen molar-refractivity contribution < 1.29 is 9.53 Å². The number of nitrogens with one attached hydrogen (secondary N) is 1. The molecule has 5 heteroatoms. The number of aromatic nitrogens is 1. The van der Waals surface area contributed by atoms with Crippen LogP contribution in [0, 0.1) is 0 Å². The number of benzene rings is 2. The molecule has 2 aromatic carbocycles. The van der Waals surface area contributed by atoms with Gasteiger partial charge in [0.1, 0.15) is 5.75 Å². The zero-order valence-corrected chi connectivity index (χ0v) is 14.7. The van der Waals surface area contributed by atoms with Crippen LogP contribution in [0.4, 0.5) is 0 Å². The molecule has 4 rings (SSSR count). The van der Waals surface area contributed by atoms with Gasteiger partial charge in [0.05, 0.1) is 0 Å². The number of H-pyrrole nitrogens is 1. The van der Waals surface area contributed by atoms with Gasteiger partial charge in [-0.2, -0.15) is 0 Å². The summed E-state index contributed by atoms with van der Waals surface area (Å²) >= 11 is 3.39. The third kappa shape index (κ3) is 2.91. The molecule has 1 aliphatic rings. The number of carbonyl (C=O) groups is 1. The zero-order valence-electron chi connectivity index (χ0n) is 13.1. The molecule has 0 saturated carbocycles. The van der Waals surface area contributed by atoms with Crippen molar-refractivity contribution >= 4 is 32.7 Å². The standard InChI is InChI=1S/C19H17BrN2O2/c20-13-5-7-14(8-6-13)24-12-19(23)22-10-9-18-16(11-22)15-3-1-2-4-17(15)21-18/h1-8,21H,9-12H2. The monoisotopic (exact) mass is 384 g/mol. The minimum Gasteiger partial charge on any atom is -0.484 e. The first-order valence-corrected chi connectivity index (χ1v) is 8.74. The number of rotatable bonds is 3. The molecular weight excluding hydrogens is 368 g/mol. The predicted octanol–water partition coefficient (Wildman–Crippen LogP) is 3.89. The summed E-state index contributed by atoms with van der Waals surface area (Å²) in [6.07, 6.45) is 0.855. The first-order valence-electron chi connectivity index (χ1n) is 7.95. The SMILES string of the molecule is O=C(COc1ccc(Br)cc1)N1CCc2[nH]c3ccccc3c2C1. The number of fused-ring (bicyclic) bond motifs is 3. The molecule has 0 saturated heterocycles. The average Bonchev–Trinajstić information content (AvgIpc) is 2.99. The number of nitrogens with zero attached hydrogens (tertiary/aromatic N) is 1. The molecule has 0 unspecified atom stereocenters. The van der Waals surface area contributed by atoms with Gasteiger partial charge in [0.2, 0.25) is 0 Å². The van der Waals surface area contributed by atoms with Gasteiger partial charge < -0.3 is 14.6 Å². The molecule has 0 radical (unpaired) electrons. The van der Waals surface area contributed by atoms with Crippen LogP contribution in [0.2, 0.25) is 0 Å². The fourth-order valence-electron chi connectivity index (χ4n) is 3.15. The summed E-state index contributed by atoms with van der Waals surface area (Å²) in [7, 11) is 0. The lowest BCUT2D eigenvalue weighted by Gasteiger charge is -2.27. The lowest BCUT2D eigenvalue weighted by Crippen LogP contribution is -2.38. The molecule has 1 N–H and O–H groups in total. The molecule has 1 aromatic heterocycles. The van der Waals surface area contributed by atoms with Crippen LogP contribution in [0.3, 0.4) is 0 Å². The maximum atomic E-state index is 12.5. The van der Waals surface area contributed by atoms with Crippen LogP contribution in [-0.4, -0.2) is 28.9 Å². The summed E-state index contributed by atoms with van der Waals surface area (Å²) < 4.78 is 6.60. The summed E-state index contributed by atoms with van der Waals surface area (Å²) in [5, 5.41) is 1.21. The number of aromatic amines is 1. The molecule has 122 valence electrons. The molecule has 1 aliphatic heterocycles. The first kappa shape index (κ1) is 15.3. The number of para-hydroxylation sites is 1. The smallest absolute Gasteiger partial charge is 0.260 e. The molecule has 2 heterocycles. The van der Waals surface area contributed by atoms with E-state index < -0.39 is 0 Å². The number of halogens is 1. The molecule has 1 amide bonds. The van der Waals surface area contributed by atoms with E-state index >= 15 is 0 Å².